The lowest BCUT2D eigenvalue weighted by Gasteiger charge is -2.27. The monoisotopic (exact) mass is 291 g/mol. The molecule has 1 aliphatic carbocycles. The summed E-state index contributed by atoms with van der Waals surface area (Å²) in [5.74, 6) is 0.579. The summed E-state index contributed by atoms with van der Waals surface area (Å²) in [7, 11) is 0. The number of nitrogens with one attached hydrogen (secondary N) is 1. The highest BCUT2D eigenvalue weighted by atomic mass is 79.9. The second kappa shape index (κ2) is 7.28. The molecule has 0 aromatic rings. The molecule has 4 heteroatoms. The molecule has 1 rings (SSSR count). The largest absolute Gasteiger partial charge is 0.369 e. The second-order valence-electron chi connectivity index (χ2n) is 4.72. The number of alkyl halides is 1. The Bertz CT molecular complexity index is 221. The minimum atomic E-state index is -0.000950. The molecular weight excluding hydrogens is 270 g/mol. The van der Waals surface area contributed by atoms with E-state index in [-0.39, 0.29) is 18.6 Å². The molecule has 0 aromatic heterocycles. The van der Waals surface area contributed by atoms with Gasteiger partial charge in [-0.25, -0.2) is 0 Å². The Hall–Kier alpha value is -0.0900. The number of carbonyl (C=O) groups is 1. The van der Waals surface area contributed by atoms with Crippen LogP contribution in [0.25, 0.3) is 0 Å². The highest BCUT2D eigenvalue weighted by Crippen LogP contribution is 2.29. The van der Waals surface area contributed by atoms with E-state index in [4.69, 9.17) is 4.74 Å². The van der Waals surface area contributed by atoms with Crippen molar-refractivity contribution in [3.63, 3.8) is 0 Å². The Morgan fingerprint density at radius 1 is 1.44 bits per heavy atom. The van der Waals surface area contributed by atoms with Crippen molar-refractivity contribution in [3.05, 3.63) is 0 Å². The van der Waals surface area contributed by atoms with Gasteiger partial charge in [-0.2, -0.15) is 0 Å². The van der Waals surface area contributed by atoms with Gasteiger partial charge < -0.3 is 10.1 Å². The van der Waals surface area contributed by atoms with Crippen LogP contribution >= 0.6 is 15.9 Å². The average Bonchev–Trinajstić information content (AvgIpc) is 2.25. The maximum absolute atomic E-state index is 11.4. The number of hydrogen-bond acceptors (Lipinski definition) is 2. The highest BCUT2D eigenvalue weighted by molar-refractivity contribution is 9.09. The zero-order valence-electron chi connectivity index (χ0n) is 10.2. The minimum Gasteiger partial charge on any atom is -0.369 e. The van der Waals surface area contributed by atoms with Gasteiger partial charge in [-0.1, -0.05) is 28.8 Å². The van der Waals surface area contributed by atoms with E-state index in [2.05, 4.69) is 21.2 Å². The molecule has 1 fully saturated rings. The normalized spacial score (nSPS) is 25.8. The number of ether oxygens (including phenoxy) is 1. The first kappa shape index (κ1) is 14.0. The predicted molar refractivity (Wildman–Crippen MR) is 68.8 cm³/mol. The second-order valence-corrected chi connectivity index (χ2v) is 5.90. The molecule has 94 valence electrons. The summed E-state index contributed by atoms with van der Waals surface area (Å²) in [5, 5.41) is 2.94. The van der Waals surface area contributed by atoms with Crippen LogP contribution in [0.15, 0.2) is 0 Å². The third kappa shape index (κ3) is 5.30. The molecule has 0 aliphatic heterocycles. The Kier molecular flexibility index (Phi) is 6.36. The molecule has 0 radical (unpaired) electrons. The van der Waals surface area contributed by atoms with Gasteiger partial charge in [0.25, 0.3) is 0 Å². The van der Waals surface area contributed by atoms with Crippen LogP contribution < -0.4 is 5.32 Å². The Labute approximate surface area is 106 Å². The van der Waals surface area contributed by atoms with Crippen LogP contribution in [-0.4, -0.2) is 30.0 Å². The summed E-state index contributed by atoms with van der Waals surface area (Å²) < 4.78 is 5.25. The first-order valence-corrected chi connectivity index (χ1v) is 7.03. The van der Waals surface area contributed by atoms with Crippen LogP contribution in [0.3, 0.4) is 0 Å². The first-order valence-electron chi connectivity index (χ1n) is 6.12. The van der Waals surface area contributed by atoms with Gasteiger partial charge in [0.15, 0.2) is 0 Å². The summed E-state index contributed by atoms with van der Waals surface area (Å²) in [5.41, 5.74) is 0. The van der Waals surface area contributed by atoms with E-state index in [1.54, 1.807) is 0 Å². The fraction of sp³-hybridized carbons (Fsp3) is 0.917. The lowest BCUT2D eigenvalue weighted by molar-refractivity contribution is -0.127. The van der Waals surface area contributed by atoms with E-state index in [1.807, 2.05) is 13.8 Å². The Morgan fingerprint density at radius 3 is 2.75 bits per heavy atom. The van der Waals surface area contributed by atoms with Gasteiger partial charge >= 0.3 is 0 Å². The van der Waals surface area contributed by atoms with E-state index >= 15 is 0 Å². The maximum Gasteiger partial charge on any atom is 0.246 e. The van der Waals surface area contributed by atoms with Crippen molar-refractivity contribution in [2.45, 2.75) is 50.5 Å². The fourth-order valence-electron chi connectivity index (χ4n) is 1.93. The molecule has 1 saturated carbocycles. The molecule has 16 heavy (non-hydrogen) atoms. The molecule has 0 heterocycles. The summed E-state index contributed by atoms with van der Waals surface area (Å²) >= 11 is 3.68. The molecule has 2 atom stereocenters. The number of halogens is 1. The zero-order valence-corrected chi connectivity index (χ0v) is 11.8. The number of rotatable bonds is 5. The van der Waals surface area contributed by atoms with E-state index in [9.17, 15) is 4.79 Å². The van der Waals surface area contributed by atoms with Gasteiger partial charge in [-0.05, 0) is 32.6 Å². The Balaban J connectivity index is 2.15. The predicted octanol–water partition coefficient (Wildman–Crippen LogP) is 2.48. The van der Waals surface area contributed by atoms with Gasteiger partial charge in [-0.3, -0.25) is 4.79 Å². The molecule has 0 aromatic carbocycles. The van der Waals surface area contributed by atoms with Crippen LogP contribution in [0.5, 0.6) is 0 Å². The summed E-state index contributed by atoms with van der Waals surface area (Å²) in [4.78, 5) is 12.0. The van der Waals surface area contributed by atoms with Crippen LogP contribution in [0.2, 0.25) is 0 Å². The number of hydrogen-bond donors (Lipinski definition) is 1. The van der Waals surface area contributed by atoms with Gasteiger partial charge in [0.1, 0.15) is 6.61 Å². The molecule has 1 amide bonds. The number of amides is 1. The average molecular weight is 292 g/mol. The van der Waals surface area contributed by atoms with Crippen molar-refractivity contribution < 1.29 is 9.53 Å². The summed E-state index contributed by atoms with van der Waals surface area (Å²) in [6, 6.07) is 0. The van der Waals surface area contributed by atoms with Gasteiger partial charge in [-0.15, -0.1) is 0 Å². The third-order valence-corrected chi connectivity index (χ3v) is 4.13. The van der Waals surface area contributed by atoms with Crippen molar-refractivity contribution in [1.82, 2.24) is 5.32 Å². The SMILES string of the molecule is CC(C)OCC(=O)NCC1CCCCC1Br. The zero-order chi connectivity index (χ0) is 12.0. The molecule has 0 bridgehead atoms. The summed E-state index contributed by atoms with van der Waals surface area (Å²) in [6.07, 6.45) is 5.14. The topological polar surface area (TPSA) is 38.3 Å². The quantitative estimate of drug-likeness (QED) is 0.791. The summed E-state index contributed by atoms with van der Waals surface area (Å²) in [6.45, 7) is 4.82. The van der Waals surface area contributed by atoms with Crippen molar-refractivity contribution >= 4 is 21.8 Å². The number of carbonyl (C=O) groups excluding carboxylic acids is 1. The third-order valence-electron chi connectivity index (χ3n) is 2.93. The van der Waals surface area contributed by atoms with Crippen molar-refractivity contribution in [2.24, 2.45) is 5.92 Å². The molecular formula is C12H22BrNO2. The first-order chi connectivity index (χ1) is 7.59. The highest BCUT2D eigenvalue weighted by Gasteiger charge is 2.22. The maximum atomic E-state index is 11.4. The smallest absolute Gasteiger partial charge is 0.246 e. The van der Waals surface area contributed by atoms with Crippen LogP contribution in [0, 0.1) is 5.92 Å². The fourth-order valence-corrected chi connectivity index (χ4v) is 2.71. The van der Waals surface area contributed by atoms with E-state index in [0.29, 0.717) is 10.7 Å². The van der Waals surface area contributed by atoms with Crippen molar-refractivity contribution in [1.29, 1.82) is 0 Å². The van der Waals surface area contributed by atoms with Gasteiger partial charge in [0.2, 0.25) is 5.91 Å². The lowest BCUT2D eigenvalue weighted by Crippen LogP contribution is -2.36. The van der Waals surface area contributed by atoms with Crippen molar-refractivity contribution in [3.8, 4) is 0 Å². The molecule has 1 aliphatic rings. The lowest BCUT2D eigenvalue weighted by atomic mass is 9.89. The van der Waals surface area contributed by atoms with Crippen LogP contribution in [0.4, 0.5) is 0 Å². The van der Waals surface area contributed by atoms with E-state index in [1.165, 1.54) is 25.7 Å². The van der Waals surface area contributed by atoms with Crippen LogP contribution in [-0.2, 0) is 9.53 Å². The molecule has 0 saturated heterocycles. The molecule has 0 spiro atoms. The van der Waals surface area contributed by atoms with Gasteiger partial charge in [0, 0.05) is 11.4 Å². The van der Waals surface area contributed by atoms with Crippen molar-refractivity contribution in [2.75, 3.05) is 13.2 Å². The van der Waals surface area contributed by atoms with E-state index in [0.717, 1.165) is 6.54 Å². The van der Waals surface area contributed by atoms with Gasteiger partial charge in [0.05, 0.1) is 6.10 Å². The minimum absolute atomic E-state index is 0.000950. The van der Waals surface area contributed by atoms with E-state index < -0.39 is 0 Å². The molecule has 3 nitrogen and oxygen atoms in total. The molecule has 1 N–H and O–H groups in total. The standard InChI is InChI=1S/C12H22BrNO2/c1-9(2)16-8-12(15)14-7-10-5-3-4-6-11(10)13/h9-11H,3-8H2,1-2H3,(H,14,15). The van der Waals surface area contributed by atoms with Crippen LogP contribution in [0.1, 0.15) is 39.5 Å². The Morgan fingerprint density at radius 2 is 2.12 bits per heavy atom. The molecule has 2 unspecified atom stereocenters.